The number of fused-ring (bicyclic) bond motifs is 1. The third kappa shape index (κ3) is 4.81. The molecule has 0 saturated carbocycles. The molecule has 10 heteroatoms. The zero-order valence-electron chi connectivity index (χ0n) is 18.2. The molecule has 3 aromatic rings. The molecule has 0 aliphatic carbocycles. The van der Waals surface area contributed by atoms with Crippen LogP contribution in [0, 0.1) is 0 Å². The number of hydrogen-bond donors (Lipinski definition) is 1. The van der Waals surface area contributed by atoms with Crippen LogP contribution < -0.4 is 15.4 Å². The van der Waals surface area contributed by atoms with E-state index in [4.69, 9.17) is 24.9 Å². The van der Waals surface area contributed by atoms with E-state index in [2.05, 4.69) is 27.0 Å². The maximum Gasteiger partial charge on any atom is 0.314 e. The molecular weight excluding hydrogens is 424 g/mol. The summed E-state index contributed by atoms with van der Waals surface area (Å²) >= 11 is 0. The third-order valence-electron chi connectivity index (χ3n) is 5.82. The molecule has 4 heterocycles. The smallest absolute Gasteiger partial charge is 0.314 e. The van der Waals surface area contributed by atoms with Crippen LogP contribution in [0.4, 0.5) is 10.5 Å². The number of pyridine rings is 1. The molecular formula is C23H26N6O4. The molecule has 1 atom stereocenters. The Morgan fingerprint density at radius 3 is 2.67 bits per heavy atom. The van der Waals surface area contributed by atoms with Crippen molar-refractivity contribution in [3.8, 4) is 17.1 Å². The standard InChI is InChI=1S/C23H26N6O4/c24-23(30)29-9-12-32-18(14-29)15-33-22-21-20(25-5-6-26-21)13-19(27-22)16-1-3-17(4-2-16)28-7-10-31-11-8-28/h1-6,13,18H,7-12,14-15H2,(H2,24,30)/t18-/m0/s1. The summed E-state index contributed by atoms with van der Waals surface area (Å²) in [6, 6.07) is 9.74. The fourth-order valence-corrected chi connectivity index (χ4v) is 4.05. The number of nitrogens with two attached hydrogens (primary N) is 1. The van der Waals surface area contributed by atoms with Crippen LogP contribution in [0.15, 0.2) is 42.7 Å². The highest BCUT2D eigenvalue weighted by Crippen LogP contribution is 2.28. The van der Waals surface area contributed by atoms with Gasteiger partial charge in [-0.3, -0.25) is 4.98 Å². The Labute approximate surface area is 191 Å². The van der Waals surface area contributed by atoms with Gasteiger partial charge in [-0.1, -0.05) is 12.1 Å². The van der Waals surface area contributed by atoms with Gasteiger partial charge in [-0.15, -0.1) is 0 Å². The Bertz CT molecular complexity index is 1120. The van der Waals surface area contributed by atoms with Crippen LogP contribution in [-0.2, 0) is 9.47 Å². The second-order valence-corrected chi connectivity index (χ2v) is 7.97. The lowest BCUT2D eigenvalue weighted by Gasteiger charge is -2.31. The highest BCUT2D eigenvalue weighted by atomic mass is 16.5. The van der Waals surface area contributed by atoms with Crippen molar-refractivity contribution in [2.24, 2.45) is 5.73 Å². The van der Waals surface area contributed by atoms with Crippen LogP contribution in [0.5, 0.6) is 5.88 Å². The molecule has 0 unspecified atom stereocenters. The van der Waals surface area contributed by atoms with E-state index in [0.29, 0.717) is 36.6 Å². The van der Waals surface area contributed by atoms with Gasteiger partial charge in [0.2, 0.25) is 5.88 Å². The van der Waals surface area contributed by atoms with E-state index in [9.17, 15) is 4.79 Å². The number of ether oxygens (including phenoxy) is 3. The maximum absolute atomic E-state index is 11.5. The monoisotopic (exact) mass is 450 g/mol. The van der Waals surface area contributed by atoms with E-state index in [-0.39, 0.29) is 12.7 Å². The molecule has 0 radical (unpaired) electrons. The van der Waals surface area contributed by atoms with Gasteiger partial charge in [0.05, 0.1) is 37.6 Å². The first-order valence-electron chi connectivity index (χ1n) is 11.0. The molecule has 0 bridgehead atoms. The fraction of sp³-hybridized carbons (Fsp3) is 0.391. The van der Waals surface area contributed by atoms with Crippen LogP contribution in [-0.4, -0.2) is 84.6 Å². The number of amides is 2. The lowest BCUT2D eigenvalue weighted by Crippen LogP contribution is -2.49. The quantitative estimate of drug-likeness (QED) is 0.624. The molecule has 2 N–H and O–H groups in total. The minimum absolute atomic E-state index is 0.224. The number of carbonyl (C=O) groups is 1. The number of aromatic nitrogens is 3. The first kappa shape index (κ1) is 21.4. The van der Waals surface area contributed by atoms with Crippen LogP contribution in [0.25, 0.3) is 22.3 Å². The average molecular weight is 450 g/mol. The van der Waals surface area contributed by atoms with E-state index < -0.39 is 6.03 Å². The summed E-state index contributed by atoms with van der Waals surface area (Å²) in [4.78, 5) is 28.9. The Morgan fingerprint density at radius 1 is 1.09 bits per heavy atom. The summed E-state index contributed by atoms with van der Waals surface area (Å²) in [5.41, 5.74) is 9.54. The number of rotatable bonds is 5. The highest BCUT2D eigenvalue weighted by Gasteiger charge is 2.24. The number of morpholine rings is 2. The van der Waals surface area contributed by atoms with Crippen molar-refractivity contribution >= 4 is 22.8 Å². The highest BCUT2D eigenvalue weighted by molar-refractivity contribution is 5.83. The summed E-state index contributed by atoms with van der Waals surface area (Å²) in [5.74, 6) is 0.382. The maximum atomic E-state index is 11.5. The molecule has 2 aromatic heterocycles. The Hall–Kier alpha value is -3.50. The normalized spacial score (nSPS) is 19.0. The van der Waals surface area contributed by atoms with Gasteiger partial charge in [0.1, 0.15) is 12.7 Å². The van der Waals surface area contributed by atoms with E-state index in [1.807, 2.05) is 18.2 Å². The summed E-state index contributed by atoms with van der Waals surface area (Å²) in [6.07, 6.45) is 2.96. The van der Waals surface area contributed by atoms with Crippen LogP contribution in [0.1, 0.15) is 0 Å². The number of carbonyl (C=O) groups excluding carboxylic acids is 1. The number of nitrogens with zero attached hydrogens (tertiary/aromatic N) is 5. The van der Waals surface area contributed by atoms with E-state index in [0.717, 1.165) is 43.2 Å². The average Bonchev–Trinajstić information content (AvgIpc) is 2.88. The van der Waals surface area contributed by atoms with Crippen molar-refractivity contribution < 1.29 is 19.0 Å². The minimum atomic E-state index is -0.458. The summed E-state index contributed by atoms with van der Waals surface area (Å²) in [6.45, 7) is 4.76. The van der Waals surface area contributed by atoms with Gasteiger partial charge < -0.3 is 29.7 Å². The molecule has 2 fully saturated rings. The molecule has 2 saturated heterocycles. The van der Waals surface area contributed by atoms with Gasteiger partial charge in [0, 0.05) is 43.3 Å². The predicted molar refractivity (Wildman–Crippen MR) is 122 cm³/mol. The van der Waals surface area contributed by atoms with Gasteiger partial charge in [0.25, 0.3) is 0 Å². The van der Waals surface area contributed by atoms with Crippen molar-refractivity contribution in [1.29, 1.82) is 0 Å². The molecule has 1 aromatic carbocycles. The van der Waals surface area contributed by atoms with Crippen LogP contribution in [0.2, 0.25) is 0 Å². The first-order valence-corrected chi connectivity index (χ1v) is 11.0. The molecule has 0 spiro atoms. The minimum Gasteiger partial charge on any atom is -0.473 e. The van der Waals surface area contributed by atoms with Crippen molar-refractivity contribution in [2.75, 3.05) is 57.5 Å². The molecule has 2 amide bonds. The van der Waals surface area contributed by atoms with Gasteiger partial charge in [0.15, 0.2) is 5.52 Å². The van der Waals surface area contributed by atoms with Gasteiger partial charge >= 0.3 is 6.03 Å². The Morgan fingerprint density at radius 2 is 1.88 bits per heavy atom. The lowest BCUT2D eigenvalue weighted by atomic mass is 10.1. The first-order chi connectivity index (χ1) is 16.2. The van der Waals surface area contributed by atoms with Crippen LogP contribution in [0.3, 0.4) is 0 Å². The largest absolute Gasteiger partial charge is 0.473 e. The van der Waals surface area contributed by atoms with E-state index in [1.165, 1.54) is 0 Å². The van der Waals surface area contributed by atoms with E-state index >= 15 is 0 Å². The fourth-order valence-electron chi connectivity index (χ4n) is 4.05. The van der Waals surface area contributed by atoms with Crippen molar-refractivity contribution in [1.82, 2.24) is 19.9 Å². The van der Waals surface area contributed by atoms with Crippen molar-refractivity contribution in [2.45, 2.75) is 6.10 Å². The van der Waals surface area contributed by atoms with Crippen molar-refractivity contribution in [3.63, 3.8) is 0 Å². The van der Waals surface area contributed by atoms with Gasteiger partial charge in [-0.25, -0.2) is 14.8 Å². The zero-order valence-corrected chi connectivity index (χ0v) is 18.2. The number of primary amides is 1. The lowest BCUT2D eigenvalue weighted by molar-refractivity contribution is -0.0346. The number of urea groups is 1. The van der Waals surface area contributed by atoms with Crippen LogP contribution >= 0.6 is 0 Å². The predicted octanol–water partition coefficient (Wildman–Crippen LogP) is 1.69. The van der Waals surface area contributed by atoms with Gasteiger partial charge in [-0.05, 0) is 18.2 Å². The summed E-state index contributed by atoms with van der Waals surface area (Å²) in [5, 5.41) is 0. The van der Waals surface area contributed by atoms with Gasteiger partial charge in [-0.2, -0.15) is 0 Å². The molecule has 10 nitrogen and oxygen atoms in total. The molecule has 2 aliphatic rings. The molecule has 33 heavy (non-hydrogen) atoms. The Balaban J connectivity index is 1.37. The number of anilines is 1. The second kappa shape index (κ2) is 9.55. The topological polar surface area (TPSA) is 116 Å². The number of hydrogen-bond acceptors (Lipinski definition) is 8. The summed E-state index contributed by atoms with van der Waals surface area (Å²) < 4.78 is 17.2. The van der Waals surface area contributed by atoms with Crippen molar-refractivity contribution in [3.05, 3.63) is 42.7 Å². The SMILES string of the molecule is NC(=O)N1CCO[C@H](COc2nc(-c3ccc(N4CCOCC4)cc3)cc3nccnc23)C1. The summed E-state index contributed by atoms with van der Waals surface area (Å²) in [7, 11) is 0. The molecule has 172 valence electrons. The second-order valence-electron chi connectivity index (χ2n) is 7.97. The number of benzene rings is 1. The molecule has 5 rings (SSSR count). The Kier molecular flexibility index (Phi) is 6.18. The third-order valence-corrected chi connectivity index (χ3v) is 5.82. The van der Waals surface area contributed by atoms with E-state index in [1.54, 1.807) is 17.3 Å². The molecule has 2 aliphatic heterocycles. The zero-order chi connectivity index (χ0) is 22.6.